The minimum absolute atomic E-state index is 0.243. The van der Waals surface area contributed by atoms with Crippen LogP contribution >= 0.6 is 0 Å². The lowest BCUT2D eigenvalue weighted by molar-refractivity contribution is 0.589. The van der Waals surface area contributed by atoms with Crippen LogP contribution in [0.3, 0.4) is 0 Å². The minimum Gasteiger partial charge on any atom is -0.382 e. The van der Waals surface area contributed by atoms with Gasteiger partial charge in [-0.05, 0) is 36.1 Å². The standard InChI is InChI=1S/C16H15F2N/c1-10-6-15(18)16(8-14(10)17)19-9-12-7-11-4-2-3-5-13(11)12/h2-6,8,12,19H,7,9H2,1H3. The second kappa shape index (κ2) is 4.65. The first-order chi connectivity index (χ1) is 9.15. The Balaban J connectivity index is 1.70. The Morgan fingerprint density at radius 3 is 2.74 bits per heavy atom. The van der Waals surface area contributed by atoms with Gasteiger partial charge in [-0.3, -0.25) is 0 Å². The zero-order valence-corrected chi connectivity index (χ0v) is 10.7. The van der Waals surface area contributed by atoms with Gasteiger partial charge in [0.25, 0.3) is 0 Å². The first-order valence-electron chi connectivity index (χ1n) is 6.42. The monoisotopic (exact) mass is 259 g/mol. The van der Waals surface area contributed by atoms with Crippen molar-refractivity contribution in [3.05, 3.63) is 64.7 Å². The lowest BCUT2D eigenvalue weighted by Gasteiger charge is -2.30. The summed E-state index contributed by atoms with van der Waals surface area (Å²) < 4.78 is 27.1. The molecule has 0 radical (unpaired) electrons. The fourth-order valence-corrected chi connectivity index (χ4v) is 2.56. The lowest BCUT2D eigenvalue weighted by Crippen LogP contribution is -2.24. The summed E-state index contributed by atoms with van der Waals surface area (Å²) in [6.45, 7) is 2.20. The number of aryl methyl sites for hydroxylation is 1. The van der Waals surface area contributed by atoms with E-state index in [9.17, 15) is 8.78 Å². The Bertz CT molecular complexity index is 622. The van der Waals surface area contributed by atoms with E-state index in [1.165, 1.54) is 23.3 Å². The van der Waals surface area contributed by atoms with E-state index in [4.69, 9.17) is 0 Å². The zero-order valence-electron chi connectivity index (χ0n) is 10.7. The second-order valence-corrected chi connectivity index (χ2v) is 5.06. The van der Waals surface area contributed by atoms with Gasteiger partial charge in [-0.25, -0.2) is 8.78 Å². The van der Waals surface area contributed by atoms with Gasteiger partial charge in [0.15, 0.2) is 0 Å². The van der Waals surface area contributed by atoms with E-state index in [1.54, 1.807) is 6.92 Å². The number of fused-ring (bicyclic) bond motifs is 1. The maximum Gasteiger partial charge on any atom is 0.146 e. The van der Waals surface area contributed by atoms with Gasteiger partial charge in [0.1, 0.15) is 11.6 Å². The van der Waals surface area contributed by atoms with Crippen molar-refractivity contribution < 1.29 is 8.78 Å². The Morgan fingerprint density at radius 2 is 1.95 bits per heavy atom. The molecule has 0 saturated carbocycles. The molecule has 2 aromatic rings. The second-order valence-electron chi connectivity index (χ2n) is 5.06. The van der Waals surface area contributed by atoms with Gasteiger partial charge < -0.3 is 5.32 Å². The highest BCUT2D eigenvalue weighted by molar-refractivity contribution is 5.49. The molecule has 3 rings (SSSR count). The third kappa shape index (κ3) is 2.21. The van der Waals surface area contributed by atoms with Crippen molar-refractivity contribution in [2.45, 2.75) is 19.3 Å². The topological polar surface area (TPSA) is 12.0 Å². The molecule has 0 fully saturated rings. The molecule has 0 amide bonds. The molecule has 0 saturated heterocycles. The first kappa shape index (κ1) is 12.2. The van der Waals surface area contributed by atoms with E-state index in [0.29, 0.717) is 18.0 Å². The van der Waals surface area contributed by atoms with Crippen LogP contribution in [0.25, 0.3) is 0 Å². The number of rotatable bonds is 3. The molecule has 2 aromatic carbocycles. The molecule has 0 heterocycles. The molecular weight excluding hydrogens is 244 g/mol. The summed E-state index contributed by atoms with van der Waals surface area (Å²) in [4.78, 5) is 0. The van der Waals surface area contributed by atoms with Gasteiger partial charge >= 0.3 is 0 Å². The average molecular weight is 259 g/mol. The highest BCUT2D eigenvalue weighted by Crippen LogP contribution is 2.35. The van der Waals surface area contributed by atoms with E-state index in [2.05, 4.69) is 17.4 Å². The molecule has 1 unspecified atom stereocenters. The molecule has 98 valence electrons. The Kier molecular flexibility index (Phi) is 2.97. The summed E-state index contributed by atoms with van der Waals surface area (Å²) in [6, 6.07) is 10.7. The highest BCUT2D eigenvalue weighted by atomic mass is 19.1. The van der Waals surface area contributed by atoms with Gasteiger partial charge in [0.2, 0.25) is 0 Å². The normalized spacial score (nSPS) is 16.7. The minimum atomic E-state index is -0.397. The largest absolute Gasteiger partial charge is 0.382 e. The number of halogens is 2. The van der Waals surface area contributed by atoms with Crippen LogP contribution in [-0.2, 0) is 6.42 Å². The summed E-state index contributed by atoms with van der Waals surface area (Å²) in [5, 5.41) is 3.01. The fraction of sp³-hybridized carbons (Fsp3) is 0.250. The molecule has 1 aliphatic rings. The van der Waals surface area contributed by atoms with Crippen LogP contribution in [0.5, 0.6) is 0 Å². The van der Waals surface area contributed by atoms with Crippen molar-refractivity contribution >= 4 is 5.69 Å². The molecule has 1 nitrogen and oxygen atoms in total. The zero-order chi connectivity index (χ0) is 13.4. The molecule has 1 atom stereocenters. The molecule has 0 aliphatic heterocycles. The van der Waals surface area contributed by atoms with Crippen LogP contribution in [0, 0.1) is 18.6 Å². The predicted octanol–water partition coefficient (Wildman–Crippen LogP) is 4.03. The SMILES string of the molecule is Cc1cc(F)c(NCC2Cc3ccccc32)cc1F. The summed E-state index contributed by atoms with van der Waals surface area (Å²) in [6.07, 6.45) is 0.999. The van der Waals surface area contributed by atoms with E-state index < -0.39 is 5.82 Å². The Labute approximate surface area is 111 Å². The fourth-order valence-electron chi connectivity index (χ4n) is 2.56. The van der Waals surface area contributed by atoms with E-state index >= 15 is 0 Å². The third-order valence-corrected chi connectivity index (χ3v) is 3.75. The van der Waals surface area contributed by atoms with Crippen molar-refractivity contribution in [3.8, 4) is 0 Å². The van der Waals surface area contributed by atoms with E-state index in [-0.39, 0.29) is 11.5 Å². The van der Waals surface area contributed by atoms with Crippen LogP contribution in [0.4, 0.5) is 14.5 Å². The lowest BCUT2D eigenvalue weighted by atomic mass is 9.77. The van der Waals surface area contributed by atoms with Crippen LogP contribution < -0.4 is 5.32 Å². The maximum atomic E-state index is 13.7. The smallest absolute Gasteiger partial charge is 0.146 e. The molecule has 0 bridgehead atoms. The Morgan fingerprint density at radius 1 is 1.16 bits per heavy atom. The number of anilines is 1. The van der Waals surface area contributed by atoms with Gasteiger partial charge in [-0.2, -0.15) is 0 Å². The van der Waals surface area contributed by atoms with Crippen LogP contribution in [0.15, 0.2) is 36.4 Å². The highest BCUT2D eigenvalue weighted by Gasteiger charge is 2.25. The maximum absolute atomic E-state index is 13.7. The van der Waals surface area contributed by atoms with Gasteiger partial charge in [0, 0.05) is 18.5 Å². The summed E-state index contributed by atoms with van der Waals surface area (Å²) >= 11 is 0. The molecule has 3 heteroatoms. The molecule has 1 N–H and O–H groups in total. The van der Waals surface area contributed by atoms with Gasteiger partial charge in [0.05, 0.1) is 5.69 Å². The van der Waals surface area contributed by atoms with Crippen molar-refractivity contribution in [3.63, 3.8) is 0 Å². The van der Waals surface area contributed by atoms with Crippen molar-refractivity contribution in [1.29, 1.82) is 0 Å². The van der Waals surface area contributed by atoms with Gasteiger partial charge in [-0.1, -0.05) is 24.3 Å². The quantitative estimate of drug-likeness (QED) is 0.877. The summed E-state index contributed by atoms with van der Waals surface area (Å²) in [7, 11) is 0. The molecular formula is C16H15F2N. The molecule has 0 aromatic heterocycles. The average Bonchev–Trinajstić information content (AvgIpc) is 2.36. The molecule has 0 spiro atoms. The molecule has 1 aliphatic carbocycles. The van der Waals surface area contributed by atoms with Crippen molar-refractivity contribution in [1.82, 2.24) is 0 Å². The number of nitrogens with one attached hydrogen (secondary N) is 1. The number of benzene rings is 2. The van der Waals surface area contributed by atoms with Crippen molar-refractivity contribution in [2.75, 3.05) is 11.9 Å². The first-order valence-corrected chi connectivity index (χ1v) is 6.42. The predicted molar refractivity (Wildman–Crippen MR) is 72.5 cm³/mol. The summed E-state index contributed by atoms with van der Waals surface area (Å²) in [5.74, 6) is -0.385. The summed E-state index contributed by atoms with van der Waals surface area (Å²) in [5.41, 5.74) is 3.23. The Hall–Kier alpha value is -1.90. The number of hydrogen-bond acceptors (Lipinski definition) is 1. The van der Waals surface area contributed by atoms with Crippen LogP contribution in [-0.4, -0.2) is 6.54 Å². The van der Waals surface area contributed by atoms with Crippen molar-refractivity contribution in [2.24, 2.45) is 0 Å². The van der Waals surface area contributed by atoms with Crippen LogP contribution in [0.1, 0.15) is 22.6 Å². The van der Waals surface area contributed by atoms with E-state index in [1.807, 2.05) is 12.1 Å². The molecule has 19 heavy (non-hydrogen) atoms. The van der Waals surface area contributed by atoms with Gasteiger partial charge in [-0.15, -0.1) is 0 Å². The van der Waals surface area contributed by atoms with Crippen LogP contribution in [0.2, 0.25) is 0 Å². The number of hydrogen-bond donors (Lipinski definition) is 1. The third-order valence-electron chi connectivity index (χ3n) is 3.75. The van der Waals surface area contributed by atoms with E-state index in [0.717, 1.165) is 6.42 Å².